The lowest BCUT2D eigenvalue weighted by Gasteiger charge is -2.19. The van der Waals surface area contributed by atoms with E-state index >= 15 is 0 Å². The Morgan fingerprint density at radius 3 is 2.64 bits per heavy atom. The molecule has 4 nitrogen and oxygen atoms in total. The molecule has 0 saturated heterocycles. The Kier molecular flexibility index (Phi) is 5.25. The van der Waals surface area contributed by atoms with Crippen LogP contribution in [0.1, 0.15) is 25.5 Å². The van der Waals surface area contributed by atoms with Gasteiger partial charge in [0.15, 0.2) is 0 Å². The van der Waals surface area contributed by atoms with E-state index in [1.54, 1.807) is 0 Å². The number of hydrogen-bond donors (Lipinski definition) is 1. The quantitative estimate of drug-likeness (QED) is 0.874. The van der Waals surface area contributed by atoms with Gasteiger partial charge in [-0.15, -0.1) is 0 Å². The normalized spacial score (nSPS) is 10.6. The molecule has 1 N–H and O–H groups in total. The van der Waals surface area contributed by atoms with Gasteiger partial charge in [-0.05, 0) is 25.5 Å². The van der Waals surface area contributed by atoms with Gasteiger partial charge in [-0.1, -0.05) is 13.3 Å². The van der Waals surface area contributed by atoms with Gasteiger partial charge >= 0.3 is 0 Å². The monoisotopic (exact) mass is 306 g/mol. The van der Waals surface area contributed by atoms with Crippen molar-refractivity contribution in [2.45, 2.75) is 26.7 Å². The van der Waals surface area contributed by atoms with Crippen LogP contribution in [0, 0.1) is 18.6 Å². The molecular formula is C16H20F2N4. The predicted octanol–water partition coefficient (Wildman–Crippen LogP) is 4.04. The summed E-state index contributed by atoms with van der Waals surface area (Å²) in [5.41, 5.74) is 0.924. The smallest absolute Gasteiger partial charge is 0.229 e. The number of unbranched alkanes of at least 4 members (excludes halogenated alkanes) is 1. The fourth-order valence-electron chi connectivity index (χ4n) is 2.02. The van der Waals surface area contributed by atoms with Gasteiger partial charge in [-0.3, -0.25) is 0 Å². The summed E-state index contributed by atoms with van der Waals surface area (Å²) in [6, 6.07) is 5.22. The summed E-state index contributed by atoms with van der Waals surface area (Å²) in [7, 11) is 1.96. The molecular weight excluding hydrogens is 286 g/mol. The Bertz CT molecular complexity index is 646. The van der Waals surface area contributed by atoms with Crippen molar-refractivity contribution in [1.29, 1.82) is 0 Å². The number of nitrogens with one attached hydrogen (secondary N) is 1. The van der Waals surface area contributed by atoms with Crippen LogP contribution < -0.4 is 10.2 Å². The van der Waals surface area contributed by atoms with Crippen molar-refractivity contribution in [3.63, 3.8) is 0 Å². The molecule has 1 aromatic heterocycles. The maximum Gasteiger partial charge on any atom is 0.229 e. The van der Waals surface area contributed by atoms with E-state index in [9.17, 15) is 8.78 Å². The largest absolute Gasteiger partial charge is 0.360 e. The molecule has 0 aliphatic carbocycles. The van der Waals surface area contributed by atoms with Gasteiger partial charge in [0.25, 0.3) is 0 Å². The minimum atomic E-state index is -0.675. The van der Waals surface area contributed by atoms with Crippen LogP contribution in [0.25, 0.3) is 0 Å². The summed E-state index contributed by atoms with van der Waals surface area (Å²) in [5.74, 6) is -0.228. The standard InChI is InChI=1S/C16H20F2N4/c1-4-5-8-22(3)15-9-11(2)19-16(21-15)20-14-7-6-12(17)10-13(14)18/h6-7,9-10H,4-5,8H2,1-3H3,(H,19,20,21). The molecule has 118 valence electrons. The summed E-state index contributed by atoms with van der Waals surface area (Å²) >= 11 is 0. The second-order valence-corrected chi connectivity index (χ2v) is 5.22. The minimum absolute atomic E-state index is 0.147. The lowest BCUT2D eigenvalue weighted by atomic mass is 10.3. The third-order valence-corrected chi connectivity index (χ3v) is 3.26. The van der Waals surface area contributed by atoms with E-state index in [0.29, 0.717) is 5.95 Å². The van der Waals surface area contributed by atoms with Gasteiger partial charge in [0.1, 0.15) is 17.5 Å². The highest BCUT2D eigenvalue weighted by molar-refractivity contribution is 5.56. The Morgan fingerprint density at radius 1 is 1.18 bits per heavy atom. The van der Waals surface area contributed by atoms with Gasteiger partial charge in [-0.25, -0.2) is 13.8 Å². The lowest BCUT2D eigenvalue weighted by molar-refractivity contribution is 0.586. The van der Waals surface area contributed by atoms with Crippen molar-refractivity contribution in [3.05, 3.63) is 41.6 Å². The molecule has 0 fully saturated rings. The predicted molar refractivity (Wildman–Crippen MR) is 84.6 cm³/mol. The van der Waals surface area contributed by atoms with E-state index in [0.717, 1.165) is 37.0 Å². The molecule has 0 amide bonds. The zero-order valence-corrected chi connectivity index (χ0v) is 13.0. The van der Waals surface area contributed by atoms with Gasteiger partial charge in [0, 0.05) is 31.4 Å². The van der Waals surface area contributed by atoms with Crippen LogP contribution in [0.5, 0.6) is 0 Å². The second-order valence-electron chi connectivity index (χ2n) is 5.22. The molecule has 2 aromatic rings. The zero-order valence-electron chi connectivity index (χ0n) is 13.0. The summed E-state index contributed by atoms with van der Waals surface area (Å²) < 4.78 is 26.6. The van der Waals surface area contributed by atoms with Gasteiger partial charge in [-0.2, -0.15) is 4.98 Å². The lowest BCUT2D eigenvalue weighted by Crippen LogP contribution is -2.20. The topological polar surface area (TPSA) is 41.1 Å². The Balaban J connectivity index is 2.22. The highest BCUT2D eigenvalue weighted by Gasteiger charge is 2.09. The number of aromatic nitrogens is 2. The van der Waals surface area contributed by atoms with Gasteiger partial charge in [0.05, 0.1) is 5.69 Å². The van der Waals surface area contributed by atoms with Crippen molar-refractivity contribution in [3.8, 4) is 0 Å². The third-order valence-electron chi connectivity index (χ3n) is 3.26. The Morgan fingerprint density at radius 2 is 1.95 bits per heavy atom. The van der Waals surface area contributed by atoms with E-state index in [-0.39, 0.29) is 5.69 Å². The number of aryl methyl sites for hydroxylation is 1. The number of benzene rings is 1. The molecule has 0 radical (unpaired) electrons. The Labute approximate surface area is 129 Å². The van der Waals surface area contributed by atoms with Crippen molar-refractivity contribution in [2.24, 2.45) is 0 Å². The van der Waals surface area contributed by atoms with Crippen LogP contribution in [0.3, 0.4) is 0 Å². The van der Waals surface area contributed by atoms with Crippen molar-refractivity contribution in [2.75, 3.05) is 23.8 Å². The fraction of sp³-hybridized carbons (Fsp3) is 0.375. The van der Waals surface area contributed by atoms with E-state index in [1.165, 1.54) is 12.1 Å². The SMILES string of the molecule is CCCCN(C)c1cc(C)nc(Nc2ccc(F)cc2F)n1. The molecule has 1 heterocycles. The van der Waals surface area contributed by atoms with Crippen molar-refractivity contribution < 1.29 is 8.78 Å². The first-order chi connectivity index (χ1) is 10.5. The van der Waals surface area contributed by atoms with Gasteiger partial charge < -0.3 is 10.2 Å². The first-order valence-electron chi connectivity index (χ1n) is 7.28. The fourth-order valence-corrected chi connectivity index (χ4v) is 2.02. The van der Waals surface area contributed by atoms with E-state index in [2.05, 4.69) is 22.2 Å². The highest BCUT2D eigenvalue weighted by Crippen LogP contribution is 2.21. The van der Waals surface area contributed by atoms with E-state index in [1.807, 2.05) is 24.9 Å². The number of rotatable bonds is 6. The molecule has 22 heavy (non-hydrogen) atoms. The van der Waals surface area contributed by atoms with E-state index in [4.69, 9.17) is 0 Å². The van der Waals surface area contributed by atoms with Crippen LogP contribution in [-0.4, -0.2) is 23.6 Å². The van der Waals surface area contributed by atoms with Crippen LogP contribution in [0.15, 0.2) is 24.3 Å². The molecule has 1 aromatic carbocycles. The maximum atomic E-state index is 13.7. The molecule has 2 rings (SSSR count). The van der Waals surface area contributed by atoms with Crippen molar-refractivity contribution in [1.82, 2.24) is 9.97 Å². The molecule has 0 unspecified atom stereocenters. The maximum absolute atomic E-state index is 13.7. The number of hydrogen-bond acceptors (Lipinski definition) is 4. The third kappa shape index (κ3) is 4.13. The summed E-state index contributed by atoms with van der Waals surface area (Å²) in [6.45, 7) is 4.87. The van der Waals surface area contributed by atoms with E-state index < -0.39 is 11.6 Å². The molecule has 0 bridgehead atoms. The number of anilines is 3. The molecule has 6 heteroatoms. The average molecular weight is 306 g/mol. The van der Waals surface area contributed by atoms with Crippen molar-refractivity contribution >= 4 is 17.5 Å². The molecule has 0 atom stereocenters. The summed E-state index contributed by atoms with van der Waals surface area (Å²) in [5, 5.41) is 2.80. The second kappa shape index (κ2) is 7.15. The zero-order chi connectivity index (χ0) is 16.1. The summed E-state index contributed by atoms with van der Waals surface area (Å²) in [6.07, 6.45) is 2.16. The van der Waals surface area contributed by atoms with Crippen LogP contribution in [0.4, 0.5) is 26.2 Å². The summed E-state index contributed by atoms with van der Waals surface area (Å²) in [4.78, 5) is 10.7. The highest BCUT2D eigenvalue weighted by atomic mass is 19.1. The molecule has 0 aliphatic rings. The van der Waals surface area contributed by atoms with Crippen LogP contribution >= 0.6 is 0 Å². The Hall–Kier alpha value is -2.24. The molecule has 0 aliphatic heterocycles. The first-order valence-corrected chi connectivity index (χ1v) is 7.28. The van der Waals surface area contributed by atoms with Gasteiger partial charge in [0.2, 0.25) is 5.95 Å². The number of halogens is 2. The van der Waals surface area contributed by atoms with Crippen LogP contribution in [-0.2, 0) is 0 Å². The minimum Gasteiger partial charge on any atom is -0.360 e. The molecule has 0 spiro atoms. The molecule has 0 saturated carbocycles. The number of nitrogens with zero attached hydrogens (tertiary/aromatic N) is 3. The average Bonchev–Trinajstić information content (AvgIpc) is 2.47. The first kappa shape index (κ1) is 16.1. The van der Waals surface area contributed by atoms with Crippen LogP contribution in [0.2, 0.25) is 0 Å².